The van der Waals surface area contributed by atoms with Crippen LogP contribution in [0.5, 0.6) is 0 Å². The van der Waals surface area contributed by atoms with Gasteiger partial charge in [-0.3, -0.25) is 0 Å². The Morgan fingerprint density at radius 3 is 2.71 bits per heavy atom. The number of halogens is 4. The molecule has 1 heterocycles. The molecule has 2 nitrogen and oxygen atoms in total. The van der Waals surface area contributed by atoms with Crippen molar-refractivity contribution in [3.63, 3.8) is 0 Å². The van der Waals surface area contributed by atoms with E-state index in [4.69, 9.17) is 16.0 Å². The molecule has 0 aliphatic rings. The molecule has 1 aromatic heterocycles. The van der Waals surface area contributed by atoms with Crippen molar-refractivity contribution in [3.05, 3.63) is 41.2 Å². The fourth-order valence-corrected chi connectivity index (χ4v) is 1.53. The Hall–Kier alpha value is -1.49. The maximum atomic E-state index is 12.1. The summed E-state index contributed by atoms with van der Waals surface area (Å²) < 4.78 is 41.3. The third-order valence-corrected chi connectivity index (χ3v) is 2.23. The zero-order chi connectivity index (χ0) is 12.5. The van der Waals surface area contributed by atoms with E-state index in [1.165, 1.54) is 0 Å². The SMILES string of the molecule is FC(F)(F)Cc1cnc(-c2cccc(Cl)c2)o1. The Morgan fingerprint density at radius 2 is 2.06 bits per heavy atom. The van der Waals surface area contributed by atoms with Gasteiger partial charge in [0.1, 0.15) is 12.2 Å². The molecule has 6 heteroatoms. The summed E-state index contributed by atoms with van der Waals surface area (Å²) in [5, 5.41) is 0.470. The second-order valence-electron chi connectivity index (χ2n) is 3.43. The van der Waals surface area contributed by atoms with E-state index in [-0.39, 0.29) is 11.7 Å². The Bertz CT molecular complexity index is 521. The summed E-state index contributed by atoms with van der Waals surface area (Å²) in [4.78, 5) is 3.79. The Balaban J connectivity index is 2.24. The van der Waals surface area contributed by atoms with Crippen molar-refractivity contribution in [3.8, 4) is 11.5 Å². The molecule has 0 saturated carbocycles. The van der Waals surface area contributed by atoms with Gasteiger partial charge in [0.05, 0.1) is 6.20 Å². The van der Waals surface area contributed by atoms with Crippen molar-refractivity contribution in [1.82, 2.24) is 4.98 Å². The van der Waals surface area contributed by atoms with Crippen LogP contribution in [0.25, 0.3) is 11.5 Å². The average molecular weight is 262 g/mol. The van der Waals surface area contributed by atoms with Crippen LogP contribution in [-0.2, 0) is 6.42 Å². The normalized spacial score (nSPS) is 11.8. The van der Waals surface area contributed by atoms with E-state index in [1.807, 2.05) is 0 Å². The van der Waals surface area contributed by atoms with Gasteiger partial charge in [0.2, 0.25) is 5.89 Å². The molecule has 0 radical (unpaired) electrons. The molecule has 17 heavy (non-hydrogen) atoms. The molecule has 90 valence electrons. The minimum Gasteiger partial charge on any atom is -0.441 e. The second-order valence-corrected chi connectivity index (χ2v) is 3.87. The van der Waals surface area contributed by atoms with Gasteiger partial charge in [-0.1, -0.05) is 17.7 Å². The van der Waals surface area contributed by atoms with Crippen LogP contribution in [0.2, 0.25) is 5.02 Å². The molecule has 0 spiro atoms. The van der Waals surface area contributed by atoms with Crippen LogP contribution in [0.4, 0.5) is 13.2 Å². The molecule has 0 amide bonds. The highest BCUT2D eigenvalue weighted by Crippen LogP contribution is 2.26. The summed E-state index contributed by atoms with van der Waals surface area (Å²) in [7, 11) is 0. The largest absolute Gasteiger partial charge is 0.441 e. The van der Waals surface area contributed by atoms with Gasteiger partial charge in [0.25, 0.3) is 0 Å². The second kappa shape index (κ2) is 4.41. The van der Waals surface area contributed by atoms with Gasteiger partial charge < -0.3 is 4.42 Å². The lowest BCUT2D eigenvalue weighted by Crippen LogP contribution is -2.10. The number of hydrogen-bond acceptors (Lipinski definition) is 2. The quantitative estimate of drug-likeness (QED) is 0.813. The summed E-state index contributed by atoms with van der Waals surface area (Å²) in [5.41, 5.74) is 0.547. The average Bonchev–Trinajstić information content (AvgIpc) is 2.63. The molecule has 0 N–H and O–H groups in total. The summed E-state index contributed by atoms with van der Waals surface area (Å²) in [6, 6.07) is 6.57. The molecule has 2 rings (SSSR count). The lowest BCUT2D eigenvalue weighted by atomic mass is 10.2. The minimum absolute atomic E-state index is 0.131. The number of benzene rings is 1. The predicted octanol–water partition coefficient (Wildman–Crippen LogP) is 4.10. The summed E-state index contributed by atoms with van der Waals surface area (Å²) >= 11 is 5.76. The molecular weight excluding hydrogens is 255 g/mol. The van der Waals surface area contributed by atoms with Crippen molar-refractivity contribution in [2.24, 2.45) is 0 Å². The highest BCUT2D eigenvalue weighted by molar-refractivity contribution is 6.30. The lowest BCUT2D eigenvalue weighted by Gasteiger charge is -2.01. The van der Waals surface area contributed by atoms with Crippen LogP contribution < -0.4 is 0 Å². The van der Waals surface area contributed by atoms with Gasteiger partial charge in [-0.2, -0.15) is 13.2 Å². The summed E-state index contributed by atoms with van der Waals surface area (Å²) in [5.74, 6) is -0.0841. The van der Waals surface area contributed by atoms with Crippen LogP contribution in [-0.4, -0.2) is 11.2 Å². The van der Waals surface area contributed by atoms with Gasteiger partial charge in [0, 0.05) is 10.6 Å². The van der Waals surface area contributed by atoms with Crippen LogP contribution in [0.15, 0.2) is 34.9 Å². The van der Waals surface area contributed by atoms with Crippen molar-refractivity contribution < 1.29 is 17.6 Å². The Morgan fingerprint density at radius 1 is 1.29 bits per heavy atom. The van der Waals surface area contributed by atoms with E-state index in [1.54, 1.807) is 24.3 Å². The first-order valence-corrected chi connectivity index (χ1v) is 5.09. The highest BCUT2D eigenvalue weighted by atomic mass is 35.5. The number of alkyl halides is 3. The van der Waals surface area contributed by atoms with E-state index >= 15 is 0 Å². The smallest absolute Gasteiger partial charge is 0.396 e. The Labute approximate surface area is 100 Å². The first-order chi connectivity index (χ1) is 7.94. The van der Waals surface area contributed by atoms with Gasteiger partial charge in [0.15, 0.2) is 0 Å². The predicted molar refractivity (Wildman–Crippen MR) is 56.7 cm³/mol. The number of aromatic nitrogens is 1. The molecule has 0 aliphatic heterocycles. The summed E-state index contributed by atoms with van der Waals surface area (Å²) in [6.07, 6.45) is -4.35. The molecule has 1 aromatic carbocycles. The molecule has 0 fully saturated rings. The van der Waals surface area contributed by atoms with E-state index in [0.29, 0.717) is 10.6 Å². The molecule has 0 bridgehead atoms. The highest BCUT2D eigenvalue weighted by Gasteiger charge is 2.29. The van der Waals surface area contributed by atoms with Crippen molar-refractivity contribution in [1.29, 1.82) is 0 Å². The van der Waals surface area contributed by atoms with Gasteiger partial charge in [-0.05, 0) is 18.2 Å². The molecule has 0 aliphatic carbocycles. The first kappa shape index (κ1) is 12.0. The van der Waals surface area contributed by atoms with Crippen LogP contribution in [0.1, 0.15) is 5.76 Å². The van der Waals surface area contributed by atoms with Gasteiger partial charge in [-0.25, -0.2) is 4.98 Å². The van der Waals surface area contributed by atoms with Crippen molar-refractivity contribution in [2.75, 3.05) is 0 Å². The first-order valence-electron chi connectivity index (χ1n) is 4.71. The molecule has 0 atom stereocenters. The van der Waals surface area contributed by atoms with Crippen LogP contribution in [0.3, 0.4) is 0 Å². The summed E-state index contributed by atoms with van der Waals surface area (Å²) in [6.45, 7) is 0. The third kappa shape index (κ3) is 3.23. The van der Waals surface area contributed by atoms with E-state index < -0.39 is 12.6 Å². The van der Waals surface area contributed by atoms with E-state index in [0.717, 1.165) is 6.20 Å². The third-order valence-electron chi connectivity index (χ3n) is 2.00. The number of rotatable bonds is 2. The van der Waals surface area contributed by atoms with Gasteiger partial charge >= 0.3 is 6.18 Å². The molecular formula is C11H7ClF3NO. The number of oxazole rings is 1. The standard InChI is InChI=1S/C11H7ClF3NO/c12-8-3-1-2-7(4-8)10-16-6-9(17-10)5-11(13,14)15/h1-4,6H,5H2. The van der Waals surface area contributed by atoms with Gasteiger partial charge in [-0.15, -0.1) is 0 Å². The Kier molecular flexibility index (Phi) is 3.11. The monoisotopic (exact) mass is 261 g/mol. The molecule has 2 aromatic rings. The van der Waals surface area contributed by atoms with Crippen molar-refractivity contribution >= 4 is 11.6 Å². The topological polar surface area (TPSA) is 26.0 Å². The van der Waals surface area contributed by atoms with Crippen LogP contribution >= 0.6 is 11.6 Å². The fraction of sp³-hybridized carbons (Fsp3) is 0.182. The zero-order valence-corrected chi connectivity index (χ0v) is 9.22. The maximum absolute atomic E-state index is 12.1. The fourth-order valence-electron chi connectivity index (χ4n) is 1.34. The van der Waals surface area contributed by atoms with Crippen LogP contribution in [0, 0.1) is 0 Å². The molecule has 0 unspecified atom stereocenters. The molecule has 0 saturated heterocycles. The minimum atomic E-state index is -4.30. The maximum Gasteiger partial charge on any atom is 0.396 e. The zero-order valence-electron chi connectivity index (χ0n) is 8.46. The number of nitrogens with zero attached hydrogens (tertiary/aromatic N) is 1. The lowest BCUT2D eigenvalue weighted by molar-refractivity contribution is -0.130. The van der Waals surface area contributed by atoms with E-state index in [9.17, 15) is 13.2 Å². The van der Waals surface area contributed by atoms with Crippen molar-refractivity contribution in [2.45, 2.75) is 12.6 Å². The van der Waals surface area contributed by atoms with E-state index in [2.05, 4.69) is 4.98 Å². The number of hydrogen-bond donors (Lipinski definition) is 0.